The number of ketones is 1. The minimum atomic E-state index is -0.0726. The Kier molecular flexibility index (Phi) is 5.77. The lowest BCUT2D eigenvalue weighted by Crippen LogP contribution is -2.05. The molecule has 0 bridgehead atoms. The predicted molar refractivity (Wildman–Crippen MR) is 126 cm³/mol. The van der Waals surface area contributed by atoms with Gasteiger partial charge in [0.05, 0.1) is 18.2 Å². The molecule has 4 rings (SSSR count). The van der Waals surface area contributed by atoms with Crippen molar-refractivity contribution in [2.75, 3.05) is 7.11 Å². The monoisotopic (exact) mass is 457 g/mol. The highest BCUT2D eigenvalue weighted by molar-refractivity contribution is 9.10. The molecule has 0 spiro atoms. The number of carbonyl (C=O) groups excluding carboxylic acids is 1. The smallest absolute Gasteiger partial charge is 0.188 e. The van der Waals surface area contributed by atoms with Crippen molar-refractivity contribution >= 4 is 38.7 Å². The second kappa shape index (κ2) is 8.64. The number of rotatable bonds is 5. The van der Waals surface area contributed by atoms with E-state index in [9.17, 15) is 4.79 Å². The zero-order valence-corrected chi connectivity index (χ0v) is 18.3. The minimum Gasteiger partial charge on any atom is -0.497 e. The number of hydrogen-bond donors (Lipinski definition) is 0. The fourth-order valence-corrected chi connectivity index (χ4v) is 3.90. The van der Waals surface area contributed by atoms with E-state index >= 15 is 0 Å². The summed E-state index contributed by atoms with van der Waals surface area (Å²) in [6.45, 7) is 1.89. The molecule has 0 fully saturated rings. The number of fused-ring (bicyclic) bond motifs is 1. The molecule has 0 N–H and O–H groups in total. The molecule has 0 saturated carbocycles. The molecule has 4 heteroatoms. The van der Waals surface area contributed by atoms with E-state index in [0.717, 1.165) is 37.8 Å². The van der Waals surface area contributed by atoms with Crippen LogP contribution in [0.4, 0.5) is 0 Å². The first kappa shape index (κ1) is 20.0. The Bertz CT molecular complexity index is 1250. The van der Waals surface area contributed by atoms with Crippen LogP contribution >= 0.6 is 15.9 Å². The second-order valence-electron chi connectivity index (χ2n) is 6.95. The van der Waals surface area contributed by atoms with Gasteiger partial charge >= 0.3 is 0 Å². The molecule has 4 aromatic rings. The van der Waals surface area contributed by atoms with E-state index in [1.54, 1.807) is 13.2 Å². The van der Waals surface area contributed by atoms with Gasteiger partial charge in [0.25, 0.3) is 0 Å². The number of halogens is 1. The van der Waals surface area contributed by atoms with Crippen molar-refractivity contribution in [3.8, 4) is 16.9 Å². The van der Waals surface area contributed by atoms with Gasteiger partial charge in [0.15, 0.2) is 5.78 Å². The van der Waals surface area contributed by atoms with Crippen molar-refractivity contribution in [2.45, 2.75) is 6.92 Å². The standard InChI is InChI=1S/C26H20BrNO2/c1-17-25(24(29)15-10-18-8-12-21(30-2)13-9-18)26(19-6-4-3-5-7-19)22-16-20(27)11-14-23(22)28-17/h3-16H,1-2H3/b15-10+. The van der Waals surface area contributed by atoms with Gasteiger partial charge in [-0.2, -0.15) is 0 Å². The van der Waals surface area contributed by atoms with E-state index < -0.39 is 0 Å². The summed E-state index contributed by atoms with van der Waals surface area (Å²) in [6.07, 6.45) is 3.43. The third kappa shape index (κ3) is 4.05. The van der Waals surface area contributed by atoms with Crippen LogP contribution in [-0.2, 0) is 0 Å². The molecule has 3 nitrogen and oxygen atoms in total. The fraction of sp³-hybridized carbons (Fsp3) is 0.0769. The topological polar surface area (TPSA) is 39.2 Å². The van der Waals surface area contributed by atoms with Crippen LogP contribution in [0.15, 0.2) is 83.3 Å². The van der Waals surface area contributed by atoms with Crippen LogP contribution in [0, 0.1) is 6.92 Å². The Morgan fingerprint density at radius 2 is 1.73 bits per heavy atom. The van der Waals surface area contributed by atoms with Crippen molar-refractivity contribution in [1.82, 2.24) is 4.98 Å². The zero-order valence-electron chi connectivity index (χ0n) is 16.7. The summed E-state index contributed by atoms with van der Waals surface area (Å²) in [7, 11) is 1.63. The van der Waals surface area contributed by atoms with Crippen LogP contribution in [0.25, 0.3) is 28.1 Å². The number of benzene rings is 3. The van der Waals surface area contributed by atoms with Gasteiger partial charge < -0.3 is 4.74 Å². The summed E-state index contributed by atoms with van der Waals surface area (Å²) < 4.78 is 6.14. The van der Waals surface area contributed by atoms with Crippen LogP contribution in [0.2, 0.25) is 0 Å². The number of hydrogen-bond acceptors (Lipinski definition) is 3. The van der Waals surface area contributed by atoms with Gasteiger partial charge in [-0.05, 0) is 54.5 Å². The highest BCUT2D eigenvalue weighted by atomic mass is 79.9. The highest BCUT2D eigenvalue weighted by Gasteiger charge is 2.19. The van der Waals surface area contributed by atoms with Crippen molar-refractivity contribution in [1.29, 1.82) is 0 Å². The Morgan fingerprint density at radius 3 is 2.43 bits per heavy atom. The fourth-order valence-electron chi connectivity index (χ4n) is 3.53. The van der Waals surface area contributed by atoms with Crippen LogP contribution in [0.1, 0.15) is 21.6 Å². The first-order valence-corrected chi connectivity index (χ1v) is 10.4. The van der Waals surface area contributed by atoms with Crippen LogP contribution < -0.4 is 4.74 Å². The van der Waals surface area contributed by atoms with Gasteiger partial charge in [-0.15, -0.1) is 0 Å². The average molecular weight is 458 g/mol. The SMILES string of the molecule is COc1ccc(/C=C/C(=O)c2c(C)nc3ccc(Br)cc3c2-c2ccccc2)cc1. The minimum absolute atomic E-state index is 0.0726. The summed E-state index contributed by atoms with van der Waals surface area (Å²) >= 11 is 3.56. The summed E-state index contributed by atoms with van der Waals surface area (Å²) in [5, 5.41) is 0.947. The number of allylic oxidation sites excluding steroid dienone is 1. The lowest BCUT2D eigenvalue weighted by Gasteiger charge is -2.14. The van der Waals surface area contributed by atoms with Crippen LogP contribution in [0.3, 0.4) is 0 Å². The maximum absolute atomic E-state index is 13.3. The first-order chi connectivity index (χ1) is 14.6. The molecule has 0 aliphatic heterocycles. The Labute approximate surface area is 184 Å². The lowest BCUT2D eigenvalue weighted by molar-refractivity contribution is 0.104. The molecule has 0 aliphatic carbocycles. The summed E-state index contributed by atoms with van der Waals surface area (Å²) in [5.74, 6) is 0.710. The molecule has 0 saturated heterocycles. The van der Waals surface area contributed by atoms with E-state index in [2.05, 4.69) is 15.9 Å². The molecule has 1 heterocycles. The predicted octanol–water partition coefficient (Wildman–Crippen LogP) is 6.88. The van der Waals surface area contributed by atoms with E-state index in [1.807, 2.05) is 85.8 Å². The molecular weight excluding hydrogens is 438 g/mol. The molecule has 3 aromatic carbocycles. The number of nitrogens with zero attached hydrogens (tertiary/aromatic N) is 1. The first-order valence-electron chi connectivity index (χ1n) is 9.58. The van der Waals surface area contributed by atoms with Gasteiger partial charge in [-0.25, -0.2) is 0 Å². The third-order valence-electron chi connectivity index (χ3n) is 4.98. The van der Waals surface area contributed by atoms with Crippen molar-refractivity contribution in [3.05, 3.63) is 100 Å². The molecule has 1 aromatic heterocycles. The average Bonchev–Trinajstić information content (AvgIpc) is 2.78. The number of carbonyl (C=O) groups is 1. The summed E-state index contributed by atoms with van der Waals surface area (Å²) in [6, 6.07) is 23.5. The van der Waals surface area contributed by atoms with E-state index in [-0.39, 0.29) is 5.78 Å². The van der Waals surface area contributed by atoms with Gasteiger partial charge in [0.1, 0.15) is 5.75 Å². The van der Waals surface area contributed by atoms with Crippen LogP contribution in [0.5, 0.6) is 5.75 Å². The number of pyridine rings is 1. The highest BCUT2D eigenvalue weighted by Crippen LogP contribution is 2.35. The van der Waals surface area contributed by atoms with Crippen molar-refractivity contribution < 1.29 is 9.53 Å². The number of aromatic nitrogens is 1. The van der Waals surface area contributed by atoms with E-state index in [4.69, 9.17) is 9.72 Å². The van der Waals surface area contributed by atoms with Gasteiger partial charge in [0.2, 0.25) is 0 Å². The number of methoxy groups -OCH3 is 1. The zero-order chi connectivity index (χ0) is 21.1. The maximum atomic E-state index is 13.3. The van der Waals surface area contributed by atoms with E-state index in [1.165, 1.54) is 0 Å². The second-order valence-corrected chi connectivity index (χ2v) is 7.86. The third-order valence-corrected chi connectivity index (χ3v) is 5.47. The van der Waals surface area contributed by atoms with Crippen molar-refractivity contribution in [2.24, 2.45) is 0 Å². The Balaban J connectivity index is 1.85. The quantitative estimate of drug-likeness (QED) is 0.242. The normalized spacial score (nSPS) is 11.2. The number of aryl methyl sites for hydroxylation is 1. The maximum Gasteiger partial charge on any atom is 0.188 e. The Morgan fingerprint density at radius 1 is 1.00 bits per heavy atom. The van der Waals surface area contributed by atoms with Gasteiger partial charge in [-0.3, -0.25) is 9.78 Å². The Hall–Kier alpha value is -3.24. The molecule has 148 valence electrons. The molecule has 0 radical (unpaired) electrons. The molecule has 0 unspecified atom stereocenters. The summed E-state index contributed by atoms with van der Waals surface area (Å²) in [5.41, 5.74) is 5.03. The largest absolute Gasteiger partial charge is 0.497 e. The van der Waals surface area contributed by atoms with E-state index in [0.29, 0.717) is 11.3 Å². The van der Waals surface area contributed by atoms with Crippen molar-refractivity contribution in [3.63, 3.8) is 0 Å². The lowest BCUT2D eigenvalue weighted by atomic mass is 9.92. The molecule has 0 atom stereocenters. The van der Waals surface area contributed by atoms with Crippen LogP contribution in [-0.4, -0.2) is 17.9 Å². The molecule has 30 heavy (non-hydrogen) atoms. The molecule has 0 aliphatic rings. The van der Waals surface area contributed by atoms with Gasteiger partial charge in [-0.1, -0.05) is 64.5 Å². The molecule has 0 amide bonds. The number of ether oxygens (including phenoxy) is 1. The van der Waals surface area contributed by atoms with Gasteiger partial charge in [0, 0.05) is 21.1 Å². The summed E-state index contributed by atoms with van der Waals surface area (Å²) in [4.78, 5) is 18.0. The molecular formula is C26H20BrNO2.